The topological polar surface area (TPSA) is 125 Å². The number of sulfonamides is 1. The number of alkyl halides is 2. The van der Waals surface area contributed by atoms with Gasteiger partial charge in [-0.25, -0.2) is 13.4 Å². The second kappa shape index (κ2) is 8.99. The van der Waals surface area contributed by atoms with Crippen LogP contribution in [-0.4, -0.2) is 46.4 Å². The highest BCUT2D eigenvalue weighted by Crippen LogP contribution is 2.29. The lowest BCUT2D eigenvalue weighted by Gasteiger charge is -2.23. The van der Waals surface area contributed by atoms with Gasteiger partial charge in [-0.3, -0.25) is 4.31 Å². The number of allylic oxidation sites excluding steroid dienone is 1. The summed E-state index contributed by atoms with van der Waals surface area (Å²) >= 11 is 1.04. The zero-order valence-corrected chi connectivity index (χ0v) is 16.1. The Labute approximate surface area is 158 Å². The first-order valence-electron chi connectivity index (χ1n) is 7.83. The van der Waals surface area contributed by atoms with E-state index < -0.39 is 22.3 Å². The van der Waals surface area contributed by atoms with Crippen molar-refractivity contribution in [3.05, 3.63) is 29.0 Å². The van der Waals surface area contributed by atoms with Crippen LogP contribution in [0.15, 0.2) is 22.5 Å². The fraction of sp³-hybridized carbons (Fsp3) is 0.429. The van der Waals surface area contributed by atoms with Crippen LogP contribution in [0.3, 0.4) is 0 Å². The Bertz CT molecular complexity index is 910. The second-order valence-corrected chi connectivity index (χ2v) is 8.34. The van der Waals surface area contributed by atoms with Gasteiger partial charge in [0.05, 0.1) is 24.2 Å². The first kappa shape index (κ1) is 20.9. The van der Waals surface area contributed by atoms with Crippen LogP contribution in [0.25, 0.3) is 10.8 Å². The fourth-order valence-electron chi connectivity index (χ4n) is 1.93. The van der Waals surface area contributed by atoms with E-state index in [0.717, 1.165) is 21.9 Å². The molecule has 0 atom stereocenters. The molecule has 0 fully saturated rings. The third-order valence-corrected chi connectivity index (χ3v) is 5.97. The van der Waals surface area contributed by atoms with Crippen molar-refractivity contribution in [3.8, 4) is 10.8 Å². The molecule has 0 bridgehead atoms. The van der Waals surface area contributed by atoms with Gasteiger partial charge in [-0.15, -0.1) is 21.5 Å². The normalized spacial score (nSPS) is 12.4. The molecule has 27 heavy (non-hydrogen) atoms. The van der Waals surface area contributed by atoms with Crippen LogP contribution in [0.4, 0.5) is 8.78 Å². The van der Waals surface area contributed by atoms with Gasteiger partial charge in [0.15, 0.2) is 0 Å². The zero-order chi connectivity index (χ0) is 20.0. The summed E-state index contributed by atoms with van der Waals surface area (Å²) in [6.07, 6.45) is 0.825. The van der Waals surface area contributed by atoms with Gasteiger partial charge in [-0.1, -0.05) is 0 Å². The molecule has 0 aromatic carbocycles. The molecule has 9 nitrogen and oxygen atoms in total. The molecule has 0 saturated carbocycles. The van der Waals surface area contributed by atoms with Crippen molar-refractivity contribution in [3.63, 3.8) is 0 Å². The molecule has 0 unspecified atom stereocenters. The van der Waals surface area contributed by atoms with E-state index in [0.29, 0.717) is 16.4 Å². The summed E-state index contributed by atoms with van der Waals surface area (Å²) in [5.41, 5.74) is 0.147. The average Bonchev–Trinajstić information content (AvgIpc) is 3.30. The van der Waals surface area contributed by atoms with Crippen LogP contribution in [0.2, 0.25) is 0 Å². The number of hydrogen-bond acceptors (Lipinski definition) is 9. The lowest BCUT2D eigenvalue weighted by Crippen LogP contribution is -2.32. The van der Waals surface area contributed by atoms with Crippen LogP contribution < -0.4 is 5.32 Å². The third-order valence-electron chi connectivity index (χ3n) is 3.26. The molecule has 2 aromatic rings. The number of halogens is 2. The Morgan fingerprint density at radius 3 is 2.74 bits per heavy atom. The molecule has 0 amide bonds. The van der Waals surface area contributed by atoms with Gasteiger partial charge in [0.1, 0.15) is 9.88 Å². The van der Waals surface area contributed by atoms with Crippen molar-refractivity contribution in [1.82, 2.24) is 24.8 Å². The predicted octanol–water partition coefficient (Wildman–Crippen LogP) is 2.38. The Balaban J connectivity index is 2.30. The van der Waals surface area contributed by atoms with Crippen LogP contribution in [0, 0.1) is 5.41 Å². The molecule has 0 spiro atoms. The highest BCUT2D eigenvalue weighted by Gasteiger charge is 2.24. The van der Waals surface area contributed by atoms with Crippen LogP contribution in [0.1, 0.15) is 31.2 Å². The molecule has 2 rings (SSSR count). The van der Waals surface area contributed by atoms with Crippen molar-refractivity contribution >= 4 is 27.6 Å². The minimum atomic E-state index is -3.67. The minimum absolute atomic E-state index is 0.116. The largest absolute Gasteiger partial charge is 0.414 e. The average molecular weight is 420 g/mol. The van der Waals surface area contributed by atoms with E-state index in [9.17, 15) is 17.2 Å². The first-order valence-corrected chi connectivity index (χ1v) is 10.3. The molecule has 0 aliphatic carbocycles. The van der Waals surface area contributed by atoms with Crippen molar-refractivity contribution in [2.45, 2.75) is 26.8 Å². The van der Waals surface area contributed by atoms with E-state index in [-0.39, 0.29) is 23.9 Å². The van der Waals surface area contributed by atoms with E-state index in [2.05, 4.69) is 20.5 Å². The van der Waals surface area contributed by atoms with E-state index >= 15 is 0 Å². The molecule has 0 radical (unpaired) electrons. The smallest absolute Gasteiger partial charge is 0.314 e. The summed E-state index contributed by atoms with van der Waals surface area (Å²) in [4.78, 5) is 4.44. The van der Waals surface area contributed by atoms with Crippen molar-refractivity contribution in [2.75, 3.05) is 12.3 Å². The van der Waals surface area contributed by atoms with Crippen molar-refractivity contribution < 1.29 is 21.6 Å². The lowest BCUT2D eigenvalue weighted by atomic mass is 10.4. The standard InChI is InChI=1S/C14H18F2N6O3S2/c1-3-18-6-9(5-17)22(27(23,24)4-2)8-11-19-7-10(26-11)13-20-21-14(25-13)12(15)16/h5-7,12,17-18H,3-4,8H2,1-2H3/b9-6+,17-5?. The highest BCUT2D eigenvalue weighted by molar-refractivity contribution is 7.89. The lowest BCUT2D eigenvalue weighted by molar-refractivity contribution is 0.116. The van der Waals surface area contributed by atoms with E-state index in [1.807, 2.05) is 6.92 Å². The Hall–Kier alpha value is -2.41. The molecule has 148 valence electrons. The molecule has 13 heteroatoms. The van der Waals surface area contributed by atoms with E-state index in [1.165, 1.54) is 19.3 Å². The van der Waals surface area contributed by atoms with Crippen molar-refractivity contribution in [1.29, 1.82) is 5.41 Å². The maximum absolute atomic E-state index is 12.6. The molecule has 2 N–H and O–H groups in total. The second-order valence-electron chi connectivity index (χ2n) is 5.04. The van der Waals surface area contributed by atoms with Crippen LogP contribution >= 0.6 is 11.3 Å². The molecular weight excluding hydrogens is 402 g/mol. The van der Waals surface area contributed by atoms with E-state index in [1.54, 1.807) is 0 Å². The number of thiazole rings is 1. The third kappa shape index (κ3) is 5.07. The Morgan fingerprint density at radius 1 is 1.44 bits per heavy atom. The van der Waals surface area contributed by atoms with E-state index in [4.69, 9.17) is 9.83 Å². The van der Waals surface area contributed by atoms with Gasteiger partial charge < -0.3 is 15.1 Å². The fourth-order valence-corrected chi connectivity index (χ4v) is 3.89. The molecule has 0 saturated heterocycles. The number of nitrogens with one attached hydrogen (secondary N) is 2. The predicted molar refractivity (Wildman–Crippen MR) is 95.9 cm³/mol. The van der Waals surface area contributed by atoms with Gasteiger partial charge in [0, 0.05) is 19.0 Å². The van der Waals surface area contributed by atoms with Crippen molar-refractivity contribution in [2.24, 2.45) is 0 Å². The maximum Gasteiger partial charge on any atom is 0.314 e. The van der Waals surface area contributed by atoms with Gasteiger partial charge >= 0.3 is 6.43 Å². The van der Waals surface area contributed by atoms with Crippen LogP contribution in [0.5, 0.6) is 0 Å². The summed E-state index contributed by atoms with van der Waals surface area (Å²) in [6, 6.07) is 0. The molecule has 0 aliphatic heterocycles. The van der Waals surface area contributed by atoms with Gasteiger partial charge in [-0.05, 0) is 13.8 Å². The first-order chi connectivity index (χ1) is 12.8. The Kier molecular flexibility index (Phi) is 6.96. The quantitative estimate of drug-likeness (QED) is 0.565. The highest BCUT2D eigenvalue weighted by atomic mass is 32.2. The number of nitrogens with zero attached hydrogens (tertiary/aromatic N) is 4. The number of hydrogen-bond donors (Lipinski definition) is 2. The number of aromatic nitrogens is 3. The molecule has 0 aliphatic rings. The maximum atomic E-state index is 12.6. The summed E-state index contributed by atoms with van der Waals surface area (Å²) < 4.78 is 55.9. The summed E-state index contributed by atoms with van der Waals surface area (Å²) in [5, 5.41) is 17.5. The monoisotopic (exact) mass is 420 g/mol. The summed E-state index contributed by atoms with van der Waals surface area (Å²) in [6.45, 7) is 3.77. The number of rotatable bonds is 10. The summed E-state index contributed by atoms with van der Waals surface area (Å²) in [5.74, 6) is -1.08. The molecule has 2 heterocycles. The summed E-state index contributed by atoms with van der Waals surface area (Å²) in [7, 11) is -3.67. The van der Waals surface area contributed by atoms with Gasteiger partial charge in [0.2, 0.25) is 10.0 Å². The molecular formula is C14H18F2N6O3S2. The van der Waals surface area contributed by atoms with Crippen LogP contribution in [-0.2, 0) is 16.6 Å². The Morgan fingerprint density at radius 2 is 2.19 bits per heavy atom. The van der Waals surface area contributed by atoms with Gasteiger partial charge in [-0.2, -0.15) is 8.78 Å². The SMILES string of the molecule is CCN/C=C(\C=N)N(Cc1ncc(-c2nnc(C(F)F)o2)s1)S(=O)(=O)CC. The van der Waals surface area contributed by atoms with Gasteiger partial charge in [0.25, 0.3) is 11.8 Å². The zero-order valence-electron chi connectivity index (χ0n) is 14.5. The molecule has 2 aromatic heterocycles. The minimum Gasteiger partial charge on any atom is -0.414 e.